The lowest BCUT2D eigenvalue weighted by Crippen LogP contribution is -2.49. The number of rotatable bonds is 5. The second-order valence-corrected chi connectivity index (χ2v) is 6.30. The number of hydrogen-bond acceptors (Lipinski definition) is 3. The van der Waals surface area contributed by atoms with Crippen molar-refractivity contribution in [1.29, 1.82) is 0 Å². The van der Waals surface area contributed by atoms with Gasteiger partial charge in [0.15, 0.2) is 0 Å². The Balaban J connectivity index is 1.94. The summed E-state index contributed by atoms with van der Waals surface area (Å²) < 4.78 is 40.3. The fraction of sp³-hybridized carbons (Fsp3) is 0.556. The molecule has 1 atom stereocenters. The number of carbonyl (C=O) groups is 2. The molecule has 3 amide bonds. The third kappa shape index (κ3) is 6.04. The van der Waals surface area contributed by atoms with Gasteiger partial charge in [-0.2, -0.15) is 0 Å². The predicted octanol–water partition coefficient (Wildman–Crippen LogP) is 3.70. The smallest absolute Gasteiger partial charge is 0.406 e. The summed E-state index contributed by atoms with van der Waals surface area (Å²) in [4.78, 5) is 28.3. The van der Waals surface area contributed by atoms with Crippen LogP contribution in [0.5, 0.6) is 5.75 Å². The van der Waals surface area contributed by atoms with Crippen molar-refractivity contribution in [2.24, 2.45) is 5.92 Å². The van der Waals surface area contributed by atoms with E-state index in [-0.39, 0.29) is 23.6 Å². The van der Waals surface area contributed by atoms with Gasteiger partial charge in [0.2, 0.25) is 5.91 Å². The Morgan fingerprint density at radius 3 is 2.41 bits per heavy atom. The summed E-state index contributed by atoms with van der Waals surface area (Å²) in [6.45, 7) is 5.96. The first-order valence-electron chi connectivity index (χ1n) is 8.94. The normalized spacial score (nSPS) is 17.4. The van der Waals surface area contributed by atoms with Crippen LogP contribution in [0.3, 0.4) is 0 Å². The van der Waals surface area contributed by atoms with Crippen LogP contribution in [0.4, 0.5) is 23.7 Å². The van der Waals surface area contributed by atoms with E-state index in [4.69, 9.17) is 0 Å². The third-order valence-electron chi connectivity index (χ3n) is 4.45. The molecule has 1 fully saturated rings. The number of likely N-dealkylation sites (tertiary alicyclic amines) is 1. The summed E-state index contributed by atoms with van der Waals surface area (Å²) in [6.07, 6.45) is -3.37. The standard InChI is InChI=1S/C18H24F3N3O3/c1-3-23(4-2)17(26)24-11-5-6-13(12-24)16(25)22-14-7-9-15(10-8-14)27-18(19,20)21/h7-10,13H,3-6,11-12H2,1-2H3,(H,22,25)/t13-/m1/s1. The van der Waals surface area contributed by atoms with Crippen LogP contribution in [0.2, 0.25) is 0 Å². The molecule has 27 heavy (non-hydrogen) atoms. The summed E-state index contributed by atoms with van der Waals surface area (Å²) in [5.41, 5.74) is 0.377. The Labute approximate surface area is 156 Å². The van der Waals surface area contributed by atoms with Crippen LogP contribution in [-0.4, -0.2) is 54.3 Å². The lowest BCUT2D eigenvalue weighted by atomic mass is 9.97. The highest BCUT2D eigenvalue weighted by Gasteiger charge is 2.31. The highest BCUT2D eigenvalue weighted by Crippen LogP contribution is 2.25. The largest absolute Gasteiger partial charge is 0.573 e. The van der Waals surface area contributed by atoms with Gasteiger partial charge in [0, 0.05) is 31.9 Å². The molecule has 1 aromatic carbocycles. The molecular weight excluding hydrogens is 363 g/mol. The van der Waals surface area contributed by atoms with E-state index in [1.165, 1.54) is 12.1 Å². The highest BCUT2D eigenvalue weighted by molar-refractivity contribution is 5.93. The maximum Gasteiger partial charge on any atom is 0.573 e. The quantitative estimate of drug-likeness (QED) is 0.838. The van der Waals surface area contributed by atoms with E-state index in [1.807, 2.05) is 13.8 Å². The molecular formula is C18H24F3N3O3. The number of benzene rings is 1. The monoisotopic (exact) mass is 387 g/mol. The molecule has 1 aliphatic rings. The van der Waals surface area contributed by atoms with Gasteiger partial charge in [-0.1, -0.05) is 0 Å². The summed E-state index contributed by atoms with van der Waals surface area (Å²) in [7, 11) is 0. The van der Waals surface area contributed by atoms with Gasteiger partial charge in [0.05, 0.1) is 5.92 Å². The molecule has 9 heteroatoms. The Morgan fingerprint density at radius 2 is 1.85 bits per heavy atom. The van der Waals surface area contributed by atoms with Crippen molar-refractivity contribution in [3.05, 3.63) is 24.3 Å². The Morgan fingerprint density at radius 1 is 1.22 bits per heavy atom. The molecule has 1 N–H and O–H groups in total. The molecule has 0 radical (unpaired) electrons. The number of carbonyl (C=O) groups excluding carboxylic acids is 2. The number of urea groups is 1. The van der Waals surface area contributed by atoms with Crippen molar-refractivity contribution in [3.63, 3.8) is 0 Å². The zero-order valence-electron chi connectivity index (χ0n) is 15.4. The lowest BCUT2D eigenvalue weighted by molar-refractivity contribution is -0.274. The molecule has 0 unspecified atom stereocenters. The average molecular weight is 387 g/mol. The number of piperidine rings is 1. The second-order valence-electron chi connectivity index (χ2n) is 6.30. The van der Waals surface area contributed by atoms with Crippen LogP contribution in [0, 0.1) is 5.92 Å². The van der Waals surface area contributed by atoms with E-state index in [0.717, 1.165) is 18.6 Å². The maximum atomic E-state index is 12.5. The van der Waals surface area contributed by atoms with E-state index in [9.17, 15) is 22.8 Å². The molecule has 6 nitrogen and oxygen atoms in total. The fourth-order valence-corrected chi connectivity index (χ4v) is 3.04. The summed E-state index contributed by atoms with van der Waals surface area (Å²) >= 11 is 0. The van der Waals surface area contributed by atoms with Crippen molar-refractivity contribution in [2.75, 3.05) is 31.5 Å². The van der Waals surface area contributed by atoms with Crippen molar-refractivity contribution in [3.8, 4) is 5.75 Å². The van der Waals surface area contributed by atoms with Crippen LogP contribution in [0.1, 0.15) is 26.7 Å². The number of amides is 3. The molecule has 1 saturated heterocycles. The zero-order valence-corrected chi connectivity index (χ0v) is 15.4. The van der Waals surface area contributed by atoms with Gasteiger partial charge < -0.3 is 19.9 Å². The van der Waals surface area contributed by atoms with Crippen LogP contribution in [0.25, 0.3) is 0 Å². The topological polar surface area (TPSA) is 61.9 Å². The summed E-state index contributed by atoms with van der Waals surface area (Å²) in [6, 6.07) is 4.90. The van der Waals surface area contributed by atoms with Crippen molar-refractivity contribution < 1.29 is 27.5 Å². The number of hydrogen-bond donors (Lipinski definition) is 1. The van der Waals surface area contributed by atoms with E-state index in [0.29, 0.717) is 38.3 Å². The average Bonchev–Trinajstić information content (AvgIpc) is 2.63. The Hall–Kier alpha value is -2.45. The lowest BCUT2D eigenvalue weighted by Gasteiger charge is -2.35. The molecule has 150 valence electrons. The SMILES string of the molecule is CCN(CC)C(=O)N1CCC[C@@H](C(=O)Nc2ccc(OC(F)(F)F)cc2)C1. The number of ether oxygens (including phenoxy) is 1. The Bertz CT molecular complexity index is 645. The van der Waals surface area contributed by atoms with Gasteiger partial charge in [-0.25, -0.2) is 4.79 Å². The molecule has 0 aromatic heterocycles. The van der Waals surface area contributed by atoms with Crippen LogP contribution < -0.4 is 10.1 Å². The third-order valence-corrected chi connectivity index (χ3v) is 4.45. The first-order valence-corrected chi connectivity index (χ1v) is 8.94. The molecule has 0 bridgehead atoms. The van der Waals surface area contributed by atoms with Gasteiger partial charge >= 0.3 is 12.4 Å². The molecule has 1 aromatic rings. The van der Waals surface area contributed by atoms with E-state index < -0.39 is 6.36 Å². The Kier molecular flexibility index (Phi) is 6.92. The number of halogens is 3. The van der Waals surface area contributed by atoms with Crippen LogP contribution >= 0.6 is 0 Å². The second kappa shape index (κ2) is 8.96. The van der Waals surface area contributed by atoms with Crippen LogP contribution in [-0.2, 0) is 4.79 Å². The minimum Gasteiger partial charge on any atom is -0.406 e. The first-order chi connectivity index (χ1) is 12.7. The van der Waals surface area contributed by atoms with Crippen molar-refractivity contribution in [1.82, 2.24) is 9.80 Å². The van der Waals surface area contributed by atoms with E-state index >= 15 is 0 Å². The minimum absolute atomic E-state index is 0.0776. The van der Waals surface area contributed by atoms with Crippen molar-refractivity contribution in [2.45, 2.75) is 33.1 Å². The molecule has 1 aliphatic heterocycles. The minimum atomic E-state index is -4.76. The predicted molar refractivity (Wildman–Crippen MR) is 94.4 cm³/mol. The summed E-state index contributed by atoms with van der Waals surface area (Å²) in [5.74, 6) is -0.963. The fourth-order valence-electron chi connectivity index (χ4n) is 3.04. The molecule has 2 rings (SSSR count). The highest BCUT2D eigenvalue weighted by atomic mass is 19.4. The number of anilines is 1. The zero-order chi connectivity index (χ0) is 20.0. The van der Waals surface area contributed by atoms with Gasteiger partial charge in [0.25, 0.3) is 0 Å². The number of nitrogens with zero attached hydrogens (tertiary/aromatic N) is 2. The number of nitrogens with one attached hydrogen (secondary N) is 1. The van der Waals surface area contributed by atoms with Gasteiger partial charge in [-0.3, -0.25) is 4.79 Å². The molecule has 0 aliphatic carbocycles. The van der Waals surface area contributed by atoms with Gasteiger partial charge in [0.1, 0.15) is 5.75 Å². The summed E-state index contributed by atoms with van der Waals surface area (Å²) in [5, 5.41) is 2.69. The van der Waals surface area contributed by atoms with E-state index in [1.54, 1.807) is 9.80 Å². The van der Waals surface area contributed by atoms with Crippen molar-refractivity contribution >= 4 is 17.6 Å². The van der Waals surface area contributed by atoms with Gasteiger partial charge in [-0.05, 0) is 51.0 Å². The molecule has 0 saturated carbocycles. The van der Waals surface area contributed by atoms with E-state index in [2.05, 4.69) is 10.1 Å². The molecule has 0 spiro atoms. The maximum absolute atomic E-state index is 12.5. The van der Waals surface area contributed by atoms with Crippen LogP contribution in [0.15, 0.2) is 24.3 Å². The molecule has 1 heterocycles. The van der Waals surface area contributed by atoms with Gasteiger partial charge in [-0.15, -0.1) is 13.2 Å². The number of alkyl halides is 3. The first kappa shape index (κ1) is 20.9.